The molecule has 4 saturated carbocycles. The van der Waals surface area contributed by atoms with Gasteiger partial charge in [-0.25, -0.2) is 0 Å². The molecule has 0 radical (unpaired) electrons. The highest BCUT2D eigenvalue weighted by atomic mass is 15.1. The molecule has 4 bridgehead atoms. The highest BCUT2D eigenvalue weighted by molar-refractivity contribution is 6.08. The molecule has 5 aliphatic rings. The zero-order chi connectivity index (χ0) is 36.1. The third-order valence-electron chi connectivity index (χ3n) is 14.2. The molecule has 0 atom stereocenters. The number of benzene rings is 8. The lowest BCUT2D eigenvalue weighted by Crippen LogP contribution is -2.55. The van der Waals surface area contributed by atoms with Crippen LogP contribution in [0.25, 0.3) is 54.9 Å². The first-order valence-electron chi connectivity index (χ1n) is 20.4. The summed E-state index contributed by atoms with van der Waals surface area (Å²) in [4.78, 5) is 2.50. The van der Waals surface area contributed by atoms with Gasteiger partial charge < -0.3 is 4.90 Å². The smallest absolute Gasteiger partial charge is 0.0540 e. The lowest BCUT2D eigenvalue weighted by Gasteiger charge is -2.61. The van der Waals surface area contributed by atoms with Gasteiger partial charge in [-0.05, 0) is 153 Å². The highest BCUT2D eigenvalue weighted by Gasteiger charge is 2.61. The van der Waals surface area contributed by atoms with E-state index in [-0.39, 0.29) is 5.41 Å². The molecule has 0 amide bonds. The molecule has 13 rings (SSSR count). The molecule has 8 aromatic carbocycles. The van der Waals surface area contributed by atoms with E-state index in [2.05, 4.69) is 181 Å². The van der Waals surface area contributed by atoms with Crippen LogP contribution < -0.4 is 4.90 Å². The van der Waals surface area contributed by atoms with Crippen LogP contribution in [0, 0.1) is 23.7 Å². The van der Waals surface area contributed by atoms with Crippen molar-refractivity contribution in [2.45, 2.75) is 37.5 Å². The molecule has 1 spiro atoms. The maximum absolute atomic E-state index is 2.55. The number of fused-ring (bicyclic) bond motifs is 6. The Kier molecular flexibility index (Phi) is 6.88. The van der Waals surface area contributed by atoms with E-state index in [1.807, 2.05) is 0 Å². The maximum atomic E-state index is 2.55. The van der Waals surface area contributed by atoms with E-state index >= 15 is 0 Å². The van der Waals surface area contributed by atoms with Crippen LogP contribution in [-0.2, 0) is 5.41 Å². The fraction of sp³-hybridized carbons (Fsp3) is 0.185. The van der Waals surface area contributed by atoms with E-state index in [1.54, 1.807) is 11.1 Å². The van der Waals surface area contributed by atoms with Gasteiger partial charge in [0.15, 0.2) is 0 Å². The van der Waals surface area contributed by atoms with E-state index in [1.165, 1.54) is 98.4 Å². The lowest BCUT2D eigenvalue weighted by atomic mass is 9.43. The number of rotatable bonds is 5. The Morgan fingerprint density at radius 2 is 1.00 bits per heavy atom. The fourth-order valence-electron chi connectivity index (χ4n) is 12.2. The normalized spacial score (nSPS) is 23.0. The lowest BCUT2D eigenvalue weighted by molar-refractivity contribution is -0.0399. The summed E-state index contributed by atoms with van der Waals surface area (Å²) >= 11 is 0. The number of anilines is 3. The number of hydrogen-bond donors (Lipinski definition) is 0. The van der Waals surface area contributed by atoms with E-state index in [4.69, 9.17) is 0 Å². The molecule has 55 heavy (non-hydrogen) atoms. The minimum atomic E-state index is 0.165. The van der Waals surface area contributed by atoms with Crippen LogP contribution in [0.4, 0.5) is 17.1 Å². The van der Waals surface area contributed by atoms with Crippen LogP contribution in [0.15, 0.2) is 176 Å². The summed E-state index contributed by atoms with van der Waals surface area (Å²) in [6, 6.07) is 66.2. The SMILES string of the molecule is c1ccc(-c2ccccc2N(c2ccc(-c3ccc4c(ccc5ccccc54)c3)cc2)c2ccc3c(c2)-c2ccccc2C32C3CC4CC(C3)CC2C4)cc1. The van der Waals surface area contributed by atoms with Gasteiger partial charge in [-0.2, -0.15) is 0 Å². The molecule has 8 aromatic rings. The van der Waals surface area contributed by atoms with E-state index in [0.29, 0.717) is 0 Å². The first kappa shape index (κ1) is 31.4. The highest BCUT2D eigenvalue weighted by Crippen LogP contribution is 2.69. The average Bonchev–Trinajstić information content (AvgIpc) is 3.53. The van der Waals surface area contributed by atoms with Crippen molar-refractivity contribution in [2.24, 2.45) is 23.7 Å². The summed E-state index contributed by atoms with van der Waals surface area (Å²) in [5.41, 5.74) is 14.8. The summed E-state index contributed by atoms with van der Waals surface area (Å²) in [6.45, 7) is 0. The molecule has 0 unspecified atom stereocenters. The number of hydrogen-bond acceptors (Lipinski definition) is 1. The van der Waals surface area contributed by atoms with Crippen molar-refractivity contribution < 1.29 is 0 Å². The van der Waals surface area contributed by atoms with E-state index < -0.39 is 0 Å². The van der Waals surface area contributed by atoms with Gasteiger partial charge in [0.25, 0.3) is 0 Å². The zero-order valence-electron chi connectivity index (χ0n) is 31.0. The quantitative estimate of drug-likeness (QED) is 0.161. The molecule has 5 aliphatic carbocycles. The van der Waals surface area contributed by atoms with Crippen LogP contribution in [0.5, 0.6) is 0 Å². The predicted octanol–water partition coefficient (Wildman–Crippen LogP) is 14.5. The minimum Gasteiger partial charge on any atom is -0.310 e. The molecular formula is C54H43N. The summed E-state index contributed by atoms with van der Waals surface area (Å²) in [5, 5.41) is 5.16. The second kappa shape index (κ2) is 12.0. The van der Waals surface area contributed by atoms with Crippen LogP contribution in [0.3, 0.4) is 0 Å². The van der Waals surface area contributed by atoms with Crippen LogP contribution in [0.1, 0.15) is 43.2 Å². The topological polar surface area (TPSA) is 3.24 Å². The first-order chi connectivity index (χ1) is 27.2. The number of para-hydroxylation sites is 1. The zero-order valence-corrected chi connectivity index (χ0v) is 31.0. The molecule has 264 valence electrons. The van der Waals surface area contributed by atoms with Crippen molar-refractivity contribution in [2.75, 3.05) is 4.90 Å². The summed E-state index contributed by atoms with van der Waals surface area (Å²) < 4.78 is 0. The van der Waals surface area contributed by atoms with Gasteiger partial charge in [-0.1, -0.05) is 140 Å². The maximum Gasteiger partial charge on any atom is 0.0540 e. The fourth-order valence-corrected chi connectivity index (χ4v) is 12.2. The molecule has 0 aromatic heterocycles. The molecule has 0 saturated heterocycles. The minimum absolute atomic E-state index is 0.165. The Labute approximate surface area is 323 Å². The van der Waals surface area contributed by atoms with Gasteiger partial charge in [0, 0.05) is 22.4 Å². The van der Waals surface area contributed by atoms with E-state index in [9.17, 15) is 0 Å². The number of nitrogens with zero attached hydrogens (tertiary/aromatic N) is 1. The van der Waals surface area contributed by atoms with Crippen molar-refractivity contribution in [1.29, 1.82) is 0 Å². The van der Waals surface area contributed by atoms with Gasteiger partial charge >= 0.3 is 0 Å². The van der Waals surface area contributed by atoms with Gasteiger partial charge in [-0.15, -0.1) is 0 Å². The molecular weight excluding hydrogens is 663 g/mol. The third-order valence-corrected chi connectivity index (χ3v) is 14.2. The van der Waals surface area contributed by atoms with Gasteiger partial charge in [0.05, 0.1) is 5.69 Å². The molecule has 0 heterocycles. The summed E-state index contributed by atoms with van der Waals surface area (Å²) in [5.74, 6) is 3.39. The Morgan fingerprint density at radius 3 is 1.82 bits per heavy atom. The standard InChI is InChI=1S/C54H43N/c1-2-10-38(11-3-1)48-14-7-9-17-53(48)55(44-23-20-37(21-24-44)40-22-26-47-41(33-40)19-18-39-12-4-5-13-46(39)47)45-25-27-52-50(34-45)49-15-6-8-16-51(49)54(52)42-29-35-28-36(31-42)32-43(54)30-35/h1-27,33-36,42-43H,28-32H2. The van der Waals surface area contributed by atoms with Crippen molar-refractivity contribution in [1.82, 2.24) is 0 Å². The molecule has 0 aliphatic heterocycles. The predicted molar refractivity (Wildman–Crippen MR) is 230 cm³/mol. The van der Waals surface area contributed by atoms with Crippen molar-refractivity contribution in [3.8, 4) is 33.4 Å². The monoisotopic (exact) mass is 705 g/mol. The molecule has 1 heteroatoms. The van der Waals surface area contributed by atoms with Crippen LogP contribution in [0.2, 0.25) is 0 Å². The Hall–Kier alpha value is -5.92. The van der Waals surface area contributed by atoms with Crippen LogP contribution >= 0.6 is 0 Å². The Bertz CT molecular complexity index is 2750. The molecule has 1 nitrogen and oxygen atoms in total. The second-order valence-electron chi connectivity index (χ2n) is 16.9. The van der Waals surface area contributed by atoms with Crippen molar-refractivity contribution in [3.63, 3.8) is 0 Å². The summed E-state index contributed by atoms with van der Waals surface area (Å²) in [6.07, 6.45) is 7.08. The van der Waals surface area contributed by atoms with Gasteiger partial charge in [-0.3, -0.25) is 0 Å². The van der Waals surface area contributed by atoms with E-state index in [0.717, 1.165) is 29.4 Å². The molecule has 0 N–H and O–H groups in total. The first-order valence-corrected chi connectivity index (χ1v) is 20.4. The van der Waals surface area contributed by atoms with Crippen molar-refractivity contribution in [3.05, 3.63) is 187 Å². The average molecular weight is 706 g/mol. The molecule has 4 fully saturated rings. The third kappa shape index (κ3) is 4.66. The largest absolute Gasteiger partial charge is 0.310 e. The second-order valence-corrected chi connectivity index (χ2v) is 16.9. The Balaban J connectivity index is 1.01. The Morgan fingerprint density at radius 1 is 0.382 bits per heavy atom. The van der Waals surface area contributed by atoms with Crippen molar-refractivity contribution >= 4 is 38.6 Å². The van der Waals surface area contributed by atoms with Crippen LogP contribution in [-0.4, -0.2) is 0 Å². The summed E-state index contributed by atoms with van der Waals surface area (Å²) in [7, 11) is 0. The van der Waals surface area contributed by atoms with Gasteiger partial charge in [0.1, 0.15) is 0 Å². The van der Waals surface area contributed by atoms with Gasteiger partial charge in [0.2, 0.25) is 0 Å².